The molecule has 22 heavy (non-hydrogen) atoms. The number of benzene rings is 1. The Kier molecular flexibility index (Phi) is 8.38. The minimum Gasteiger partial charge on any atom is -0.492 e. The van der Waals surface area contributed by atoms with Crippen molar-refractivity contribution in [3.05, 3.63) is 28.2 Å². The van der Waals surface area contributed by atoms with Gasteiger partial charge in [0, 0.05) is 29.2 Å². The molecule has 0 atom stereocenters. The van der Waals surface area contributed by atoms with Gasteiger partial charge < -0.3 is 20.3 Å². The van der Waals surface area contributed by atoms with Gasteiger partial charge in [0.25, 0.3) is 0 Å². The van der Waals surface area contributed by atoms with E-state index in [-0.39, 0.29) is 12.1 Å². The number of carbonyl (C=O) groups is 1. The van der Waals surface area contributed by atoms with Gasteiger partial charge in [-0.3, -0.25) is 0 Å². The Balaban J connectivity index is 2.48. The summed E-state index contributed by atoms with van der Waals surface area (Å²) in [5.41, 5.74) is 0. The van der Waals surface area contributed by atoms with Gasteiger partial charge in [0.2, 0.25) is 0 Å². The monoisotopic (exact) mass is 347 g/mol. The number of nitrogens with zero attached hydrogens (tertiary/aromatic N) is 1. The molecule has 0 saturated carbocycles. The third-order valence-corrected chi connectivity index (χ3v) is 3.41. The van der Waals surface area contributed by atoms with E-state index in [0.717, 1.165) is 6.54 Å². The highest BCUT2D eigenvalue weighted by Crippen LogP contribution is 2.24. The second kappa shape index (κ2) is 9.77. The number of hydrogen-bond acceptors (Lipinski definition) is 3. The summed E-state index contributed by atoms with van der Waals surface area (Å²) in [6.07, 6.45) is 0. The molecule has 5 nitrogen and oxygen atoms in total. The molecule has 2 amide bonds. The quantitative estimate of drug-likeness (QED) is 0.710. The van der Waals surface area contributed by atoms with Crippen LogP contribution in [-0.2, 0) is 0 Å². The summed E-state index contributed by atoms with van der Waals surface area (Å²) in [5, 5.41) is 6.88. The molecule has 0 aliphatic carbocycles. The van der Waals surface area contributed by atoms with Gasteiger partial charge in [-0.15, -0.1) is 0 Å². The summed E-state index contributed by atoms with van der Waals surface area (Å²) in [6, 6.07) is 5.02. The van der Waals surface area contributed by atoms with Crippen molar-refractivity contribution in [2.45, 2.75) is 19.9 Å². The van der Waals surface area contributed by atoms with Crippen molar-refractivity contribution in [3.63, 3.8) is 0 Å². The van der Waals surface area contributed by atoms with E-state index in [4.69, 9.17) is 27.9 Å². The minimum absolute atomic E-state index is 0.0844. The molecule has 0 aromatic heterocycles. The van der Waals surface area contributed by atoms with Crippen LogP contribution in [0.3, 0.4) is 0 Å². The summed E-state index contributed by atoms with van der Waals surface area (Å²) in [7, 11) is 1.84. The van der Waals surface area contributed by atoms with E-state index in [9.17, 15) is 4.79 Å². The lowest BCUT2D eigenvalue weighted by Crippen LogP contribution is -2.47. The zero-order valence-electron chi connectivity index (χ0n) is 13.2. The lowest BCUT2D eigenvalue weighted by atomic mass is 10.3. The molecule has 0 spiro atoms. The van der Waals surface area contributed by atoms with E-state index >= 15 is 0 Å². The standard InChI is InChI=1S/C15H23Cl2N3O2/c1-11(2)20(15(21)19-5-4-18-3)6-7-22-14-9-12(16)8-13(17)10-14/h8-11,18H,4-7H2,1-3H3,(H,19,21). The highest BCUT2D eigenvalue weighted by Gasteiger charge is 2.16. The van der Waals surface area contributed by atoms with Gasteiger partial charge in [-0.1, -0.05) is 23.2 Å². The van der Waals surface area contributed by atoms with Gasteiger partial charge in [0.1, 0.15) is 12.4 Å². The van der Waals surface area contributed by atoms with Crippen molar-refractivity contribution in [2.24, 2.45) is 0 Å². The Labute approximate surface area is 141 Å². The van der Waals surface area contributed by atoms with Gasteiger partial charge >= 0.3 is 6.03 Å². The molecule has 1 aromatic rings. The molecule has 2 N–H and O–H groups in total. The molecule has 1 aromatic carbocycles. The van der Waals surface area contributed by atoms with Crippen molar-refractivity contribution in [1.29, 1.82) is 0 Å². The normalized spacial score (nSPS) is 10.6. The number of hydrogen-bond donors (Lipinski definition) is 2. The number of halogens is 2. The number of urea groups is 1. The molecule has 124 valence electrons. The summed E-state index contributed by atoms with van der Waals surface area (Å²) in [6.45, 7) is 6.10. The van der Waals surface area contributed by atoms with Crippen molar-refractivity contribution in [1.82, 2.24) is 15.5 Å². The Hall–Kier alpha value is -1.17. The average molecular weight is 348 g/mol. The number of amides is 2. The molecule has 0 unspecified atom stereocenters. The van der Waals surface area contributed by atoms with Gasteiger partial charge in [-0.05, 0) is 39.1 Å². The van der Waals surface area contributed by atoms with Gasteiger partial charge in [-0.25, -0.2) is 4.79 Å². The number of likely N-dealkylation sites (N-methyl/N-ethyl adjacent to an activating group) is 1. The first-order chi connectivity index (χ1) is 10.4. The van der Waals surface area contributed by atoms with E-state index in [1.807, 2.05) is 20.9 Å². The molecular formula is C15H23Cl2N3O2. The van der Waals surface area contributed by atoms with Crippen molar-refractivity contribution in [3.8, 4) is 5.75 Å². The van der Waals surface area contributed by atoms with Crippen LogP contribution in [0.4, 0.5) is 4.79 Å². The molecule has 1 rings (SSSR count). The number of carbonyl (C=O) groups excluding carboxylic acids is 1. The molecule has 0 saturated heterocycles. The van der Waals surface area contributed by atoms with Crippen LogP contribution in [-0.4, -0.2) is 50.3 Å². The molecule has 0 aliphatic rings. The van der Waals surface area contributed by atoms with Crippen LogP contribution in [0.25, 0.3) is 0 Å². The minimum atomic E-state index is -0.0991. The van der Waals surface area contributed by atoms with Crippen LogP contribution in [0.1, 0.15) is 13.8 Å². The fourth-order valence-corrected chi connectivity index (χ4v) is 2.37. The molecule has 0 aliphatic heterocycles. The topological polar surface area (TPSA) is 53.6 Å². The molecule has 0 bridgehead atoms. The van der Waals surface area contributed by atoms with Crippen LogP contribution in [0, 0.1) is 0 Å². The van der Waals surface area contributed by atoms with Crippen LogP contribution in [0.2, 0.25) is 10.0 Å². The highest BCUT2D eigenvalue weighted by molar-refractivity contribution is 6.34. The number of nitrogens with one attached hydrogen (secondary N) is 2. The van der Waals surface area contributed by atoms with Crippen molar-refractivity contribution < 1.29 is 9.53 Å². The Morgan fingerprint density at radius 2 is 1.86 bits per heavy atom. The van der Waals surface area contributed by atoms with Crippen LogP contribution >= 0.6 is 23.2 Å². The summed E-state index contributed by atoms with van der Waals surface area (Å²) in [4.78, 5) is 13.8. The summed E-state index contributed by atoms with van der Waals surface area (Å²) in [5.74, 6) is 0.594. The SMILES string of the molecule is CNCCNC(=O)N(CCOc1cc(Cl)cc(Cl)c1)C(C)C. The largest absolute Gasteiger partial charge is 0.492 e. The molecule has 0 heterocycles. The second-order valence-electron chi connectivity index (χ2n) is 5.08. The van der Waals surface area contributed by atoms with Crippen molar-refractivity contribution >= 4 is 29.2 Å². The third kappa shape index (κ3) is 6.73. The summed E-state index contributed by atoms with van der Waals surface area (Å²) < 4.78 is 5.62. The van der Waals surface area contributed by atoms with E-state index in [0.29, 0.717) is 35.5 Å². The smallest absolute Gasteiger partial charge is 0.317 e. The fraction of sp³-hybridized carbons (Fsp3) is 0.533. The first-order valence-electron chi connectivity index (χ1n) is 7.22. The van der Waals surface area contributed by atoms with Crippen LogP contribution < -0.4 is 15.4 Å². The van der Waals surface area contributed by atoms with E-state index in [1.54, 1.807) is 23.1 Å². The maximum atomic E-state index is 12.1. The molecule has 0 fully saturated rings. The maximum Gasteiger partial charge on any atom is 0.317 e. The molecular weight excluding hydrogens is 325 g/mol. The Morgan fingerprint density at radius 1 is 1.23 bits per heavy atom. The Bertz CT molecular complexity index is 464. The van der Waals surface area contributed by atoms with E-state index in [1.165, 1.54) is 0 Å². The number of rotatable bonds is 8. The average Bonchev–Trinajstić information content (AvgIpc) is 2.42. The van der Waals surface area contributed by atoms with E-state index in [2.05, 4.69) is 10.6 Å². The van der Waals surface area contributed by atoms with Crippen molar-refractivity contribution in [2.75, 3.05) is 33.3 Å². The third-order valence-electron chi connectivity index (χ3n) is 2.97. The predicted octanol–water partition coefficient (Wildman–Crippen LogP) is 3.01. The van der Waals surface area contributed by atoms with E-state index < -0.39 is 0 Å². The molecule has 0 radical (unpaired) electrons. The van der Waals surface area contributed by atoms with Gasteiger partial charge in [0.05, 0.1) is 6.54 Å². The van der Waals surface area contributed by atoms with Gasteiger partial charge in [0.15, 0.2) is 0 Å². The predicted molar refractivity (Wildman–Crippen MR) is 91.1 cm³/mol. The van der Waals surface area contributed by atoms with Gasteiger partial charge in [-0.2, -0.15) is 0 Å². The maximum absolute atomic E-state index is 12.1. The molecule has 7 heteroatoms. The second-order valence-corrected chi connectivity index (χ2v) is 5.95. The lowest BCUT2D eigenvalue weighted by molar-refractivity contribution is 0.166. The fourth-order valence-electron chi connectivity index (χ4n) is 1.86. The summed E-state index contributed by atoms with van der Waals surface area (Å²) >= 11 is 11.8. The first-order valence-corrected chi connectivity index (χ1v) is 7.97. The Morgan fingerprint density at radius 3 is 2.41 bits per heavy atom. The zero-order chi connectivity index (χ0) is 16.5. The highest BCUT2D eigenvalue weighted by atomic mass is 35.5. The zero-order valence-corrected chi connectivity index (χ0v) is 14.7. The van der Waals surface area contributed by atoms with Crippen LogP contribution in [0.5, 0.6) is 5.75 Å². The number of ether oxygens (including phenoxy) is 1. The first kappa shape index (κ1) is 18.9. The van der Waals surface area contributed by atoms with Crippen LogP contribution in [0.15, 0.2) is 18.2 Å². The lowest BCUT2D eigenvalue weighted by Gasteiger charge is -2.27.